The van der Waals surface area contributed by atoms with Gasteiger partial charge in [0, 0.05) is 30.1 Å². The van der Waals surface area contributed by atoms with Gasteiger partial charge in [-0.2, -0.15) is 5.10 Å². The Morgan fingerprint density at radius 2 is 1.82 bits per heavy atom. The fourth-order valence-corrected chi connectivity index (χ4v) is 4.54. The fraction of sp³-hybridized carbons (Fsp3) is 0.125. The van der Waals surface area contributed by atoms with Crippen LogP contribution in [0.25, 0.3) is 16.9 Å². The van der Waals surface area contributed by atoms with Gasteiger partial charge in [0.2, 0.25) is 0 Å². The largest absolute Gasteiger partial charge is 0.328 e. The summed E-state index contributed by atoms with van der Waals surface area (Å²) in [4.78, 5) is 19.3. The van der Waals surface area contributed by atoms with Crippen molar-refractivity contribution in [2.24, 2.45) is 0 Å². The lowest BCUT2D eigenvalue weighted by Crippen LogP contribution is -2.26. The summed E-state index contributed by atoms with van der Waals surface area (Å²) < 4.78 is 39.0. The van der Waals surface area contributed by atoms with Crippen molar-refractivity contribution in [3.05, 3.63) is 95.7 Å². The summed E-state index contributed by atoms with van der Waals surface area (Å²) in [5, 5.41) is 4.50. The number of benzene rings is 2. The normalized spacial score (nSPS) is 13.2. The van der Waals surface area contributed by atoms with Crippen molar-refractivity contribution in [2.45, 2.75) is 18.0 Å². The van der Waals surface area contributed by atoms with Gasteiger partial charge in [-0.15, -0.1) is 0 Å². The summed E-state index contributed by atoms with van der Waals surface area (Å²) in [7, 11) is -3.48. The molecule has 1 aliphatic rings. The van der Waals surface area contributed by atoms with Crippen LogP contribution in [0.3, 0.4) is 0 Å². The molecule has 0 radical (unpaired) electrons. The van der Waals surface area contributed by atoms with E-state index >= 15 is 0 Å². The maximum Gasteiger partial charge on any atom is 0.255 e. The highest BCUT2D eigenvalue weighted by molar-refractivity contribution is 7.90. The molecule has 1 aliphatic heterocycles. The number of carbonyl (C=O) groups excluding carboxylic acids is 1. The summed E-state index contributed by atoms with van der Waals surface area (Å²) in [5.41, 5.74) is 3.39. The Bertz CT molecular complexity index is 1440. The molecule has 0 atom stereocenters. The highest BCUT2D eigenvalue weighted by Crippen LogP contribution is 2.30. The quantitative estimate of drug-likeness (QED) is 0.462. The highest BCUT2D eigenvalue weighted by Gasteiger charge is 2.29. The predicted molar refractivity (Wildman–Crippen MR) is 120 cm³/mol. The number of hydrogen-bond acceptors (Lipinski definition) is 5. The molecule has 0 bridgehead atoms. The van der Waals surface area contributed by atoms with E-state index < -0.39 is 15.7 Å². The number of halogens is 1. The van der Waals surface area contributed by atoms with Gasteiger partial charge in [0.1, 0.15) is 5.82 Å². The van der Waals surface area contributed by atoms with Crippen molar-refractivity contribution >= 4 is 15.7 Å². The van der Waals surface area contributed by atoms with E-state index in [9.17, 15) is 17.6 Å². The van der Waals surface area contributed by atoms with E-state index in [1.54, 1.807) is 21.8 Å². The SMILES string of the molecule is CS(=O)(=O)c1ccc(-c2ccccc2)c(C(=O)N2Cc3cn(-c4ccc(F)cn4)nc3C2)c1. The maximum absolute atomic E-state index is 13.5. The lowest BCUT2D eigenvalue weighted by molar-refractivity contribution is 0.0749. The number of nitrogens with zero attached hydrogens (tertiary/aromatic N) is 4. The minimum Gasteiger partial charge on any atom is -0.328 e. The molecule has 1 amide bonds. The molecule has 5 rings (SSSR count). The molecule has 166 valence electrons. The number of carbonyl (C=O) groups is 1. The topological polar surface area (TPSA) is 85.2 Å². The zero-order valence-corrected chi connectivity index (χ0v) is 18.5. The Labute approximate surface area is 190 Å². The summed E-state index contributed by atoms with van der Waals surface area (Å²) in [6.45, 7) is 0.604. The maximum atomic E-state index is 13.5. The Kier molecular flexibility index (Phi) is 5.05. The van der Waals surface area contributed by atoms with Gasteiger partial charge in [-0.05, 0) is 35.4 Å². The Hall–Kier alpha value is -3.85. The van der Waals surface area contributed by atoms with Gasteiger partial charge in [0.25, 0.3) is 5.91 Å². The molecule has 0 saturated heterocycles. The standard InChI is InChI=1S/C24H19FN4O3S/c1-33(31,32)19-8-9-20(16-5-3-2-4-6-16)21(11-19)24(30)28-13-17-14-29(27-22(17)15-28)23-10-7-18(25)12-26-23/h2-12,14H,13,15H2,1H3. The zero-order valence-electron chi connectivity index (χ0n) is 17.6. The monoisotopic (exact) mass is 462 g/mol. The lowest BCUT2D eigenvalue weighted by atomic mass is 9.99. The third kappa shape index (κ3) is 4.03. The molecule has 2 aromatic heterocycles. The fourth-order valence-electron chi connectivity index (χ4n) is 3.89. The van der Waals surface area contributed by atoms with Gasteiger partial charge in [0.15, 0.2) is 15.7 Å². The lowest BCUT2D eigenvalue weighted by Gasteiger charge is -2.19. The number of rotatable bonds is 4. The number of pyridine rings is 1. The smallest absolute Gasteiger partial charge is 0.255 e. The third-order valence-electron chi connectivity index (χ3n) is 5.55. The molecule has 3 heterocycles. The minimum absolute atomic E-state index is 0.0926. The first-order valence-corrected chi connectivity index (χ1v) is 12.1. The Balaban J connectivity index is 1.47. The number of sulfone groups is 1. The van der Waals surface area contributed by atoms with Crippen molar-refractivity contribution < 1.29 is 17.6 Å². The van der Waals surface area contributed by atoms with Crippen LogP contribution in [0, 0.1) is 5.82 Å². The highest BCUT2D eigenvalue weighted by atomic mass is 32.2. The Morgan fingerprint density at radius 3 is 2.48 bits per heavy atom. The van der Waals surface area contributed by atoms with Crippen molar-refractivity contribution in [1.82, 2.24) is 19.7 Å². The van der Waals surface area contributed by atoms with Gasteiger partial charge < -0.3 is 4.90 Å². The second-order valence-electron chi connectivity index (χ2n) is 7.89. The molecule has 0 saturated carbocycles. The zero-order chi connectivity index (χ0) is 23.2. The van der Waals surface area contributed by atoms with E-state index in [0.29, 0.717) is 23.5 Å². The van der Waals surface area contributed by atoms with Crippen LogP contribution >= 0.6 is 0 Å². The van der Waals surface area contributed by atoms with Crippen LogP contribution in [0.1, 0.15) is 21.6 Å². The molecule has 0 N–H and O–H groups in total. The summed E-state index contributed by atoms with van der Waals surface area (Å²) >= 11 is 0. The van der Waals surface area contributed by atoms with Crippen LogP contribution in [-0.2, 0) is 22.9 Å². The molecular formula is C24H19FN4O3S. The average molecular weight is 463 g/mol. The average Bonchev–Trinajstić information content (AvgIpc) is 3.38. The third-order valence-corrected chi connectivity index (χ3v) is 6.66. The van der Waals surface area contributed by atoms with Crippen molar-refractivity contribution in [3.63, 3.8) is 0 Å². The molecule has 0 fully saturated rings. The van der Waals surface area contributed by atoms with Crippen molar-refractivity contribution in [1.29, 1.82) is 0 Å². The van der Waals surface area contributed by atoms with Gasteiger partial charge in [-0.3, -0.25) is 4.79 Å². The van der Waals surface area contributed by atoms with Crippen molar-refractivity contribution in [3.8, 4) is 16.9 Å². The number of fused-ring (bicyclic) bond motifs is 1. The molecule has 2 aromatic carbocycles. The number of amides is 1. The molecule has 0 aliphatic carbocycles. The van der Waals surface area contributed by atoms with Gasteiger partial charge >= 0.3 is 0 Å². The van der Waals surface area contributed by atoms with Crippen LogP contribution in [0.2, 0.25) is 0 Å². The first kappa shape index (κ1) is 21.0. The first-order valence-electron chi connectivity index (χ1n) is 10.2. The second-order valence-corrected chi connectivity index (χ2v) is 9.90. The number of aromatic nitrogens is 3. The van der Waals surface area contributed by atoms with Gasteiger partial charge in [0.05, 0.1) is 23.3 Å². The Morgan fingerprint density at radius 1 is 1.03 bits per heavy atom. The summed E-state index contributed by atoms with van der Waals surface area (Å²) in [6.07, 6.45) is 4.02. The minimum atomic E-state index is -3.48. The molecule has 0 spiro atoms. The van der Waals surface area contributed by atoms with Crippen LogP contribution in [-0.4, -0.2) is 40.2 Å². The van der Waals surface area contributed by atoms with Crippen LogP contribution < -0.4 is 0 Å². The van der Waals surface area contributed by atoms with E-state index in [2.05, 4.69) is 10.1 Å². The van der Waals surface area contributed by atoms with E-state index in [1.165, 1.54) is 24.3 Å². The van der Waals surface area contributed by atoms with E-state index in [0.717, 1.165) is 29.3 Å². The van der Waals surface area contributed by atoms with E-state index in [4.69, 9.17) is 0 Å². The van der Waals surface area contributed by atoms with E-state index in [-0.39, 0.29) is 17.3 Å². The van der Waals surface area contributed by atoms with Crippen molar-refractivity contribution in [2.75, 3.05) is 6.26 Å². The predicted octanol–water partition coefficient (Wildman–Crippen LogP) is 3.63. The second kappa shape index (κ2) is 7.93. The van der Waals surface area contributed by atoms with Gasteiger partial charge in [-0.25, -0.2) is 22.5 Å². The van der Waals surface area contributed by atoms with Crippen LogP contribution in [0.4, 0.5) is 4.39 Å². The molecule has 9 heteroatoms. The molecule has 7 nitrogen and oxygen atoms in total. The van der Waals surface area contributed by atoms with Crippen LogP contribution in [0.15, 0.2) is 78.0 Å². The summed E-state index contributed by atoms with van der Waals surface area (Å²) in [5.74, 6) is -0.222. The van der Waals surface area contributed by atoms with Gasteiger partial charge in [-0.1, -0.05) is 36.4 Å². The molecule has 4 aromatic rings. The molecular weight excluding hydrogens is 443 g/mol. The molecule has 0 unspecified atom stereocenters. The van der Waals surface area contributed by atoms with E-state index in [1.807, 2.05) is 30.3 Å². The first-order chi connectivity index (χ1) is 15.8. The van der Waals surface area contributed by atoms with Crippen LogP contribution in [0.5, 0.6) is 0 Å². The summed E-state index contributed by atoms with van der Waals surface area (Å²) in [6, 6.07) is 16.9. The number of hydrogen-bond donors (Lipinski definition) is 0. The molecule has 33 heavy (non-hydrogen) atoms.